The van der Waals surface area contributed by atoms with Gasteiger partial charge in [0, 0.05) is 119 Å². The van der Waals surface area contributed by atoms with E-state index in [0.717, 1.165) is 22.5 Å². The number of nitrogens with zero attached hydrogens (tertiary/aromatic N) is 4. The number of alkyl halides is 2. The van der Waals surface area contributed by atoms with Crippen molar-refractivity contribution in [2.45, 2.75) is 64.0 Å². The van der Waals surface area contributed by atoms with Gasteiger partial charge in [0.05, 0.1) is 33.8 Å². The van der Waals surface area contributed by atoms with Crippen molar-refractivity contribution in [1.82, 2.24) is 15.1 Å². The Morgan fingerprint density at radius 2 is 1.29 bits per heavy atom. The Balaban J connectivity index is 0.924. The molecular formula is C60H68Cl2N7O14PS. The molecule has 5 aromatic carbocycles. The molecule has 0 fully saturated rings. The highest BCUT2D eigenvalue weighted by atomic mass is 35.5. The van der Waals surface area contributed by atoms with Crippen LogP contribution in [0.3, 0.4) is 0 Å². The first-order valence-corrected chi connectivity index (χ1v) is 31.0. The molecule has 4 atom stereocenters. The second-order valence-corrected chi connectivity index (χ2v) is 24.2. The minimum Gasteiger partial charge on any atom is -0.445 e. The number of rotatable bonds is 26. The molecule has 2 aliphatic heterocycles. The Labute approximate surface area is 505 Å². The fraction of sp³-hybridized carbons (Fsp3) is 0.383. The van der Waals surface area contributed by atoms with Gasteiger partial charge in [0.1, 0.15) is 23.9 Å². The number of carbonyl (C=O) groups is 7. The van der Waals surface area contributed by atoms with Crippen molar-refractivity contribution in [3.8, 4) is 11.5 Å². The third kappa shape index (κ3) is 15.3. The number of hydrogen-bond donors (Lipinski definition) is 5. The number of benzene rings is 5. The molecule has 7 N–H and O–H groups in total. The van der Waals surface area contributed by atoms with Gasteiger partial charge in [-0.25, -0.2) is 18.9 Å². The molecule has 0 bridgehead atoms. The maximum absolute atomic E-state index is 14.7. The van der Waals surface area contributed by atoms with E-state index in [1.807, 2.05) is 26.0 Å². The summed E-state index contributed by atoms with van der Waals surface area (Å²) < 4.78 is 34.3. The molecule has 2 aliphatic rings. The predicted octanol–water partition coefficient (Wildman–Crippen LogP) is 9.33. The summed E-state index contributed by atoms with van der Waals surface area (Å²) in [6.07, 6.45) is -0.564. The number of anilines is 2. The van der Waals surface area contributed by atoms with Crippen LogP contribution in [0.2, 0.25) is 0 Å². The van der Waals surface area contributed by atoms with E-state index < -0.39 is 49.8 Å². The maximum atomic E-state index is 14.7. The molecule has 0 unspecified atom stereocenters. The topological polar surface area (TPSA) is 291 Å². The molecule has 452 valence electrons. The lowest BCUT2D eigenvalue weighted by atomic mass is 9.86. The van der Waals surface area contributed by atoms with Crippen LogP contribution in [-0.2, 0) is 36.7 Å². The number of nitrogens with one attached hydrogen (secondary N) is 1. The first-order valence-electron chi connectivity index (χ1n) is 27.6. The zero-order valence-corrected chi connectivity index (χ0v) is 50.6. The summed E-state index contributed by atoms with van der Waals surface area (Å²) in [4.78, 5) is 120. The molecule has 0 saturated heterocycles. The molecule has 6 amide bonds. The molecule has 25 heteroatoms. The Bertz CT molecular complexity index is 3530. The highest BCUT2D eigenvalue weighted by Crippen LogP contribution is 2.50. The van der Waals surface area contributed by atoms with Crippen LogP contribution in [0.15, 0.2) is 97.1 Å². The van der Waals surface area contributed by atoms with E-state index >= 15 is 0 Å². The molecule has 0 saturated carbocycles. The number of phosphoric ester groups is 1. The molecule has 0 aliphatic carbocycles. The molecule has 85 heavy (non-hydrogen) atoms. The van der Waals surface area contributed by atoms with Gasteiger partial charge in [0.25, 0.3) is 11.8 Å². The normalized spacial score (nSPS) is 15.3. The van der Waals surface area contributed by atoms with Crippen LogP contribution in [0.25, 0.3) is 21.5 Å². The Morgan fingerprint density at radius 1 is 0.753 bits per heavy atom. The first kappa shape index (κ1) is 63.9. The maximum Gasteiger partial charge on any atom is 0.524 e. The zero-order valence-electron chi connectivity index (χ0n) is 47.4. The van der Waals surface area contributed by atoms with Gasteiger partial charge in [0.2, 0.25) is 0 Å². The van der Waals surface area contributed by atoms with E-state index in [-0.39, 0.29) is 128 Å². The average molecular weight is 1250 g/mol. The summed E-state index contributed by atoms with van der Waals surface area (Å²) >= 11 is 14.1. The summed E-state index contributed by atoms with van der Waals surface area (Å²) in [6.45, 7) is 4.50. The summed E-state index contributed by atoms with van der Waals surface area (Å²) in [6, 6.07) is 26.0. The number of phosphoric acid groups is 1. The third-order valence-electron chi connectivity index (χ3n) is 15.2. The Hall–Kier alpha value is -7.14. The summed E-state index contributed by atoms with van der Waals surface area (Å²) in [7, 11) is -1.98. The van der Waals surface area contributed by atoms with Crippen LogP contribution in [0, 0.1) is 11.8 Å². The number of Topliss-reactive ketones (excluding diaryl/α,β-unsaturated/α-hetero) is 2. The number of nitrogens with two attached hydrogens (primary N) is 2. The minimum absolute atomic E-state index is 0.0130. The molecule has 6 aromatic rings. The van der Waals surface area contributed by atoms with Crippen molar-refractivity contribution in [2.75, 3.05) is 81.6 Å². The van der Waals surface area contributed by atoms with Crippen LogP contribution in [0.5, 0.6) is 11.5 Å². The van der Waals surface area contributed by atoms with Gasteiger partial charge in [-0.1, -0.05) is 86.6 Å². The van der Waals surface area contributed by atoms with Crippen molar-refractivity contribution < 1.29 is 66.6 Å². The second-order valence-electron chi connectivity index (χ2n) is 21.3. The number of thiophene rings is 1. The molecule has 0 spiro atoms. The number of primary amides is 1. The van der Waals surface area contributed by atoms with Crippen LogP contribution < -0.4 is 35.8 Å². The van der Waals surface area contributed by atoms with Crippen molar-refractivity contribution in [3.63, 3.8) is 0 Å². The van der Waals surface area contributed by atoms with Gasteiger partial charge in [-0.15, -0.1) is 34.5 Å². The number of hydrogen-bond acceptors (Lipinski definition) is 14. The lowest BCUT2D eigenvalue weighted by Crippen LogP contribution is -2.42. The molecule has 0 radical (unpaired) electrons. The first-order chi connectivity index (χ1) is 40.6. The number of urea groups is 1. The Morgan fingerprint density at radius 3 is 1.82 bits per heavy atom. The van der Waals surface area contributed by atoms with E-state index in [9.17, 15) is 47.9 Å². The van der Waals surface area contributed by atoms with Crippen molar-refractivity contribution >= 4 is 117 Å². The molecule has 8 rings (SSSR count). The standard InChI is InChI=1S/C60H68Cl2N7O14PS/c1-35(2)55(63)48(71)27-38(10-9-21-65-58(64)74)47(70)26-36-15-17-37(18-16-36)34-81-59(75)66(3)22-23-67(24-25-80-4)60(76)82-49-28-45-53(43-13-7-5-11-41(43)49)39(30-61)32-68(45)56(72)51-19-20-52(85-51)57(73)69-33-40(31-62)54-44-14-8-6-12-42(44)50(29-46(54)69)83-84(77,78)79/h5-8,11-20,28-29,35,38-40,55H,9-10,21-27,30-34,63H2,1-4H3,(H3,64,65,74)(H2,77,78,79)/t38-,39-,40-,55+/m1/s1. The van der Waals surface area contributed by atoms with Gasteiger partial charge >= 0.3 is 26.0 Å². The van der Waals surface area contributed by atoms with Gasteiger partial charge in [-0.05, 0) is 63.9 Å². The number of likely N-dealkylation sites (N-methyl/N-ethyl adjacent to an activating group) is 1. The number of halogens is 2. The molecule has 1 aromatic heterocycles. The Kier molecular flexibility index (Phi) is 21.3. The van der Waals surface area contributed by atoms with Crippen LogP contribution in [0.1, 0.15) is 86.5 Å². The SMILES string of the molecule is COCCN(CCN(C)C(=O)OCc1ccc(CC(=O)[C@H](CCCNC(N)=O)CC(=O)[C@@H](N)C(C)C)cc1)C(=O)Oc1cc2c(c3ccccc13)[C@H](CCl)CN2C(=O)c1ccc(C(=O)N2C[C@@H](CCl)c3c2cc(OP(=O)(O)O)c2ccccc32)s1. The summed E-state index contributed by atoms with van der Waals surface area (Å²) in [5, 5.41) is 4.88. The van der Waals surface area contributed by atoms with Gasteiger partial charge in [-0.2, -0.15) is 0 Å². The number of amides is 6. The lowest BCUT2D eigenvalue weighted by Gasteiger charge is -2.25. The second kappa shape index (κ2) is 28.4. The smallest absolute Gasteiger partial charge is 0.445 e. The van der Waals surface area contributed by atoms with Gasteiger partial charge in [0.15, 0.2) is 5.78 Å². The van der Waals surface area contributed by atoms with Crippen molar-refractivity contribution in [2.24, 2.45) is 23.3 Å². The highest BCUT2D eigenvalue weighted by Gasteiger charge is 2.39. The monoisotopic (exact) mass is 1240 g/mol. The number of carbonyl (C=O) groups excluding carboxylic acids is 7. The quantitative estimate of drug-likeness (QED) is 0.0192. The van der Waals surface area contributed by atoms with E-state index in [4.69, 9.17) is 53.4 Å². The number of fused-ring (bicyclic) bond motifs is 6. The van der Waals surface area contributed by atoms with Crippen molar-refractivity contribution in [1.29, 1.82) is 0 Å². The van der Waals surface area contributed by atoms with Gasteiger partial charge < -0.3 is 55.1 Å². The number of methoxy groups -OCH3 is 1. The summed E-state index contributed by atoms with van der Waals surface area (Å²) in [5.41, 5.74) is 15.0. The molecular weight excluding hydrogens is 1180 g/mol. The van der Waals surface area contributed by atoms with Gasteiger partial charge in [-0.3, -0.25) is 29.0 Å². The van der Waals surface area contributed by atoms with E-state index in [1.54, 1.807) is 83.8 Å². The van der Waals surface area contributed by atoms with Crippen LogP contribution in [0.4, 0.5) is 25.8 Å². The highest BCUT2D eigenvalue weighted by molar-refractivity contribution is 7.46. The fourth-order valence-corrected chi connectivity index (χ4v) is 12.5. The minimum atomic E-state index is -5.00. The zero-order chi connectivity index (χ0) is 61.3. The average Bonchev–Trinajstić information content (AvgIpc) is 2.05. The number of ether oxygens (including phenoxy) is 3. The van der Waals surface area contributed by atoms with E-state index in [0.29, 0.717) is 56.9 Å². The van der Waals surface area contributed by atoms with Crippen LogP contribution in [-0.4, -0.2) is 139 Å². The largest absolute Gasteiger partial charge is 0.524 e. The summed E-state index contributed by atoms with van der Waals surface area (Å²) in [5.74, 6) is -2.21. The van der Waals surface area contributed by atoms with Crippen LogP contribution >= 0.6 is 42.4 Å². The predicted molar refractivity (Wildman–Crippen MR) is 325 cm³/mol. The molecule has 21 nitrogen and oxygen atoms in total. The molecule has 3 heterocycles. The van der Waals surface area contributed by atoms with E-state index in [1.165, 1.54) is 34.9 Å². The van der Waals surface area contributed by atoms with Crippen molar-refractivity contribution in [3.05, 3.63) is 129 Å². The third-order valence-corrected chi connectivity index (χ3v) is 17.4. The van der Waals surface area contributed by atoms with E-state index in [2.05, 4.69) is 5.32 Å². The lowest BCUT2D eigenvalue weighted by molar-refractivity contribution is -0.128. The fourth-order valence-electron chi connectivity index (χ4n) is 10.6. The number of ketones is 2.